The second-order valence-corrected chi connectivity index (χ2v) is 4.58. The van der Waals surface area contributed by atoms with Crippen molar-refractivity contribution in [2.75, 3.05) is 18.4 Å². The molecule has 2 unspecified atom stereocenters. The third-order valence-electron chi connectivity index (χ3n) is 3.18. The van der Waals surface area contributed by atoms with Gasteiger partial charge < -0.3 is 15.3 Å². The lowest BCUT2D eigenvalue weighted by Crippen LogP contribution is -2.47. The summed E-state index contributed by atoms with van der Waals surface area (Å²) in [4.78, 5) is 16.9. The van der Waals surface area contributed by atoms with Crippen molar-refractivity contribution < 1.29 is 14.3 Å². The molecule has 1 fully saturated rings. The van der Waals surface area contributed by atoms with Crippen LogP contribution < -0.4 is 5.32 Å². The third-order valence-corrected chi connectivity index (χ3v) is 3.18. The van der Waals surface area contributed by atoms with Gasteiger partial charge in [0.05, 0.1) is 18.0 Å². The number of urea groups is 1. The Labute approximate surface area is 105 Å². The number of aliphatic hydroxyl groups excluding tert-OH is 1. The molecule has 0 bridgehead atoms. The summed E-state index contributed by atoms with van der Waals surface area (Å²) in [6.07, 6.45) is 1.54. The van der Waals surface area contributed by atoms with Crippen molar-refractivity contribution in [3.05, 3.63) is 24.3 Å². The molecule has 98 valence electrons. The van der Waals surface area contributed by atoms with Crippen LogP contribution in [0.3, 0.4) is 0 Å². The summed E-state index contributed by atoms with van der Waals surface area (Å²) >= 11 is 0. The van der Waals surface area contributed by atoms with E-state index in [2.05, 4.69) is 10.3 Å². The number of hydrogen-bond acceptors (Lipinski definition) is 3. The molecule has 0 radical (unpaired) electrons. The van der Waals surface area contributed by atoms with Crippen molar-refractivity contribution in [3.63, 3.8) is 0 Å². The molecule has 6 heteroatoms. The lowest BCUT2D eigenvalue weighted by Gasteiger charge is -2.34. The van der Waals surface area contributed by atoms with Crippen LogP contribution in [0.4, 0.5) is 14.9 Å². The van der Waals surface area contributed by atoms with Gasteiger partial charge in [0, 0.05) is 13.1 Å². The molecule has 0 saturated carbocycles. The molecule has 2 rings (SSSR count). The Hall–Kier alpha value is -1.69. The van der Waals surface area contributed by atoms with Crippen molar-refractivity contribution in [2.24, 2.45) is 5.92 Å². The number of aliphatic hydroxyl groups is 1. The predicted octanol–water partition coefficient (Wildman–Crippen LogP) is 1.46. The maximum Gasteiger partial charge on any atom is 0.321 e. The third kappa shape index (κ3) is 2.95. The Bertz CT molecular complexity index is 424. The quantitative estimate of drug-likeness (QED) is 0.745. The van der Waals surface area contributed by atoms with Gasteiger partial charge in [-0.25, -0.2) is 9.78 Å². The highest BCUT2D eigenvalue weighted by Crippen LogP contribution is 2.17. The monoisotopic (exact) mass is 253 g/mol. The molecule has 0 spiro atoms. The van der Waals surface area contributed by atoms with Gasteiger partial charge >= 0.3 is 6.03 Å². The number of nitrogens with one attached hydrogen (secondary N) is 1. The Morgan fingerprint density at radius 2 is 2.39 bits per heavy atom. The van der Waals surface area contributed by atoms with Crippen molar-refractivity contribution in [1.82, 2.24) is 9.88 Å². The van der Waals surface area contributed by atoms with Gasteiger partial charge in [-0.2, -0.15) is 4.39 Å². The Kier molecular flexibility index (Phi) is 3.76. The first-order chi connectivity index (χ1) is 8.56. The van der Waals surface area contributed by atoms with Gasteiger partial charge in [-0.3, -0.25) is 0 Å². The van der Waals surface area contributed by atoms with E-state index in [1.54, 1.807) is 4.90 Å². The molecule has 5 nitrogen and oxygen atoms in total. The van der Waals surface area contributed by atoms with E-state index < -0.39 is 12.1 Å². The molecule has 1 aliphatic heterocycles. The van der Waals surface area contributed by atoms with Crippen LogP contribution in [0, 0.1) is 11.9 Å². The second-order valence-electron chi connectivity index (χ2n) is 4.58. The number of anilines is 1. The van der Waals surface area contributed by atoms with Gasteiger partial charge in [0.25, 0.3) is 0 Å². The number of hydrogen-bond donors (Lipinski definition) is 2. The molecule has 1 aromatic heterocycles. The van der Waals surface area contributed by atoms with Crippen molar-refractivity contribution in [3.8, 4) is 0 Å². The number of amides is 2. The van der Waals surface area contributed by atoms with E-state index in [-0.39, 0.29) is 11.9 Å². The number of piperidine rings is 1. The standard InChI is InChI=1S/C12H16FN3O2/c1-8-4-5-16(7-10(8)17)12(18)15-9-2-3-11(13)14-6-9/h2-3,6,8,10,17H,4-5,7H2,1H3,(H,15,18). The molecule has 2 N–H and O–H groups in total. The lowest BCUT2D eigenvalue weighted by atomic mass is 9.96. The van der Waals surface area contributed by atoms with Crippen LogP contribution in [0.15, 0.2) is 18.3 Å². The minimum atomic E-state index is -0.588. The second kappa shape index (κ2) is 5.30. The first-order valence-electron chi connectivity index (χ1n) is 5.92. The maximum atomic E-state index is 12.6. The topological polar surface area (TPSA) is 65.5 Å². The molecular formula is C12H16FN3O2. The number of halogens is 1. The first kappa shape index (κ1) is 12.8. The molecule has 1 aromatic rings. The van der Waals surface area contributed by atoms with Gasteiger partial charge in [-0.15, -0.1) is 0 Å². The minimum Gasteiger partial charge on any atom is -0.391 e. The molecule has 1 aliphatic rings. The minimum absolute atomic E-state index is 0.210. The fraction of sp³-hybridized carbons (Fsp3) is 0.500. The van der Waals surface area contributed by atoms with Crippen LogP contribution in [0.5, 0.6) is 0 Å². The number of pyridine rings is 1. The van der Waals surface area contributed by atoms with Crippen LogP contribution >= 0.6 is 0 Å². The van der Waals surface area contributed by atoms with Gasteiger partial charge in [0.15, 0.2) is 0 Å². The lowest BCUT2D eigenvalue weighted by molar-refractivity contribution is 0.0464. The highest BCUT2D eigenvalue weighted by atomic mass is 19.1. The first-order valence-corrected chi connectivity index (χ1v) is 5.92. The van der Waals surface area contributed by atoms with Crippen LogP contribution in [0.2, 0.25) is 0 Å². The number of likely N-dealkylation sites (tertiary alicyclic amines) is 1. The largest absolute Gasteiger partial charge is 0.391 e. The number of rotatable bonds is 1. The highest BCUT2D eigenvalue weighted by molar-refractivity contribution is 5.89. The average Bonchev–Trinajstić information content (AvgIpc) is 2.35. The number of carbonyl (C=O) groups excluding carboxylic acids is 1. The molecule has 0 aliphatic carbocycles. The van der Waals surface area contributed by atoms with E-state index in [0.717, 1.165) is 6.42 Å². The zero-order valence-electron chi connectivity index (χ0n) is 10.1. The van der Waals surface area contributed by atoms with Crippen molar-refractivity contribution in [1.29, 1.82) is 0 Å². The summed E-state index contributed by atoms with van der Waals surface area (Å²) in [6.45, 7) is 2.89. The molecule has 1 saturated heterocycles. The van der Waals surface area contributed by atoms with Crippen LogP contribution in [0.1, 0.15) is 13.3 Å². The Morgan fingerprint density at radius 3 is 3.00 bits per heavy atom. The maximum absolute atomic E-state index is 12.6. The summed E-state index contributed by atoms with van der Waals surface area (Å²) < 4.78 is 12.6. The van der Waals surface area contributed by atoms with Gasteiger partial charge in [0.1, 0.15) is 0 Å². The van der Waals surface area contributed by atoms with E-state index >= 15 is 0 Å². The molecule has 2 amide bonds. The summed E-state index contributed by atoms with van der Waals surface area (Å²) in [5.41, 5.74) is 0.439. The SMILES string of the molecule is CC1CCN(C(=O)Nc2ccc(F)nc2)CC1O. The zero-order valence-corrected chi connectivity index (χ0v) is 10.1. The summed E-state index contributed by atoms with van der Waals surface area (Å²) in [6, 6.07) is 2.33. The van der Waals surface area contributed by atoms with E-state index in [1.165, 1.54) is 18.3 Å². The summed E-state index contributed by atoms with van der Waals surface area (Å²) in [7, 11) is 0. The fourth-order valence-corrected chi connectivity index (χ4v) is 1.89. The molecule has 2 heterocycles. The summed E-state index contributed by atoms with van der Waals surface area (Å²) in [5, 5.41) is 12.3. The van der Waals surface area contributed by atoms with Gasteiger partial charge in [-0.05, 0) is 24.5 Å². The molecule has 2 atom stereocenters. The van der Waals surface area contributed by atoms with E-state index in [1.807, 2.05) is 6.92 Å². The molecule has 0 aromatic carbocycles. The highest BCUT2D eigenvalue weighted by Gasteiger charge is 2.27. The smallest absolute Gasteiger partial charge is 0.321 e. The van der Waals surface area contributed by atoms with E-state index in [0.29, 0.717) is 18.8 Å². The van der Waals surface area contributed by atoms with Crippen molar-refractivity contribution >= 4 is 11.7 Å². The number of carbonyl (C=O) groups is 1. The molecule has 18 heavy (non-hydrogen) atoms. The van der Waals surface area contributed by atoms with Gasteiger partial charge in [-0.1, -0.05) is 6.92 Å². The van der Waals surface area contributed by atoms with Crippen LogP contribution in [-0.2, 0) is 0 Å². The van der Waals surface area contributed by atoms with E-state index in [4.69, 9.17) is 0 Å². The summed E-state index contributed by atoms with van der Waals surface area (Å²) in [5.74, 6) is -0.378. The zero-order chi connectivity index (χ0) is 13.1. The van der Waals surface area contributed by atoms with Crippen LogP contribution in [0.25, 0.3) is 0 Å². The fourth-order valence-electron chi connectivity index (χ4n) is 1.89. The predicted molar refractivity (Wildman–Crippen MR) is 64.6 cm³/mol. The average molecular weight is 253 g/mol. The number of β-amino-alcohol motifs (C(OH)–C–C–N with tert-alkyl or cyclic N) is 1. The van der Waals surface area contributed by atoms with E-state index in [9.17, 15) is 14.3 Å². The van der Waals surface area contributed by atoms with Gasteiger partial charge in [0.2, 0.25) is 5.95 Å². The Morgan fingerprint density at radius 1 is 1.61 bits per heavy atom. The normalized spacial score (nSPS) is 23.8. The van der Waals surface area contributed by atoms with Crippen molar-refractivity contribution in [2.45, 2.75) is 19.4 Å². The van der Waals surface area contributed by atoms with Crippen LogP contribution in [-0.4, -0.2) is 40.2 Å². The Balaban J connectivity index is 1.94. The molecular weight excluding hydrogens is 237 g/mol. The number of nitrogens with zero attached hydrogens (tertiary/aromatic N) is 2. The number of aromatic nitrogens is 1.